The lowest BCUT2D eigenvalue weighted by Crippen LogP contribution is -2.27. The number of aliphatic hydroxyl groups excluding tert-OH is 1. The standard InChI is InChI=1S/C12H23N3O/c1-6-13-10(8-16)9-7-15(5)14-11(9)12(2,3)4/h7,10,13,16H,6,8H2,1-5H3. The van der Waals surface area contributed by atoms with Gasteiger partial charge in [0, 0.05) is 24.2 Å². The van der Waals surface area contributed by atoms with Crippen molar-refractivity contribution < 1.29 is 5.11 Å². The summed E-state index contributed by atoms with van der Waals surface area (Å²) in [7, 11) is 1.92. The lowest BCUT2D eigenvalue weighted by Gasteiger charge is -2.21. The van der Waals surface area contributed by atoms with Crippen LogP contribution in [0.5, 0.6) is 0 Å². The molecule has 0 saturated carbocycles. The van der Waals surface area contributed by atoms with Crippen LogP contribution in [-0.2, 0) is 12.5 Å². The number of rotatable bonds is 4. The Morgan fingerprint density at radius 3 is 2.56 bits per heavy atom. The summed E-state index contributed by atoms with van der Waals surface area (Å²) in [4.78, 5) is 0. The highest BCUT2D eigenvalue weighted by Crippen LogP contribution is 2.28. The highest BCUT2D eigenvalue weighted by atomic mass is 16.3. The Balaban J connectivity index is 3.11. The zero-order chi connectivity index (χ0) is 12.3. The number of aryl methyl sites for hydroxylation is 1. The third-order valence-corrected chi connectivity index (χ3v) is 2.58. The van der Waals surface area contributed by atoms with Gasteiger partial charge in [0.2, 0.25) is 0 Å². The van der Waals surface area contributed by atoms with Crippen molar-refractivity contribution in [2.45, 2.75) is 39.2 Å². The molecule has 0 fully saturated rings. The molecule has 1 atom stereocenters. The minimum atomic E-state index is -0.0204. The van der Waals surface area contributed by atoms with Crippen molar-refractivity contribution in [3.8, 4) is 0 Å². The van der Waals surface area contributed by atoms with Crippen molar-refractivity contribution in [2.24, 2.45) is 7.05 Å². The van der Waals surface area contributed by atoms with Gasteiger partial charge in [0.15, 0.2) is 0 Å². The predicted octanol–water partition coefficient (Wildman–Crippen LogP) is 1.36. The van der Waals surface area contributed by atoms with Gasteiger partial charge in [0.1, 0.15) is 0 Å². The summed E-state index contributed by atoms with van der Waals surface area (Å²) in [6.45, 7) is 9.39. The van der Waals surface area contributed by atoms with E-state index >= 15 is 0 Å². The second-order valence-corrected chi connectivity index (χ2v) is 5.15. The molecule has 0 bridgehead atoms. The first-order valence-corrected chi connectivity index (χ1v) is 5.78. The second-order valence-electron chi connectivity index (χ2n) is 5.15. The molecule has 0 saturated heterocycles. The first-order valence-electron chi connectivity index (χ1n) is 5.78. The molecule has 0 aromatic carbocycles. The van der Waals surface area contributed by atoms with E-state index in [-0.39, 0.29) is 18.1 Å². The lowest BCUT2D eigenvalue weighted by atomic mass is 9.87. The zero-order valence-corrected chi connectivity index (χ0v) is 10.9. The van der Waals surface area contributed by atoms with Gasteiger partial charge in [-0.3, -0.25) is 4.68 Å². The summed E-state index contributed by atoms with van der Waals surface area (Å²) in [6.07, 6.45) is 1.99. The molecule has 1 heterocycles. The largest absolute Gasteiger partial charge is 0.394 e. The Hall–Kier alpha value is -0.870. The molecule has 4 nitrogen and oxygen atoms in total. The topological polar surface area (TPSA) is 50.1 Å². The van der Waals surface area contributed by atoms with E-state index in [2.05, 4.69) is 31.2 Å². The van der Waals surface area contributed by atoms with E-state index in [9.17, 15) is 5.11 Å². The van der Waals surface area contributed by atoms with Crippen LogP contribution in [0.4, 0.5) is 0 Å². The molecule has 0 aliphatic heterocycles. The molecule has 0 spiro atoms. The summed E-state index contributed by atoms with van der Waals surface area (Å²) in [6, 6.07) is -0.0204. The second kappa shape index (κ2) is 4.97. The number of hydrogen-bond acceptors (Lipinski definition) is 3. The smallest absolute Gasteiger partial charge is 0.0726 e. The number of likely N-dealkylation sites (N-methyl/N-ethyl adjacent to an activating group) is 1. The predicted molar refractivity (Wildman–Crippen MR) is 65.4 cm³/mol. The minimum absolute atomic E-state index is 0.000561. The van der Waals surface area contributed by atoms with Crippen LogP contribution in [0.2, 0.25) is 0 Å². The normalized spacial score (nSPS) is 14.1. The molecule has 92 valence electrons. The van der Waals surface area contributed by atoms with E-state index in [0.29, 0.717) is 0 Å². The van der Waals surface area contributed by atoms with Crippen LogP contribution in [-0.4, -0.2) is 28.0 Å². The Morgan fingerprint density at radius 2 is 2.12 bits per heavy atom. The van der Waals surface area contributed by atoms with Crippen LogP contribution >= 0.6 is 0 Å². The van der Waals surface area contributed by atoms with Crippen LogP contribution in [0, 0.1) is 0 Å². The van der Waals surface area contributed by atoms with E-state index in [4.69, 9.17) is 0 Å². The first kappa shape index (κ1) is 13.2. The van der Waals surface area contributed by atoms with Gasteiger partial charge in [0.05, 0.1) is 18.3 Å². The fourth-order valence-corrected chi connectivity index (χ4v) is 1.86. The van der Waals surface area contributed by atoms with Gasteiger partial charge in [-0.05, 0) is 6.54 Å². The van der Waals surface area contributed by atoms with Gasteiger partial charge in [0.25, 0.3) is 0 Å². The molecule has 16 heavy (non-hydrogen) atoms. The van der Waals surface area contributed by atoms with Crippen molar-refractivity contribution in [1.82, 2.24) is 15.1 Å². The SMILES string of the molecule is CCNC(CO)c1cn(C)nc1C(C)(C)C. The number of aliphatic hydroxyl groups is 1. The number of aromatic nitrogens is 2. The van der Waals surface area contributed by atoms with Crippen molar-refractivity contribution in [3.05, 3.63) is 17.5 Å². The summed E-state index contributed by atoms with van der Waals surface area (Å²) in [5.41, 5.74) is 2.15. The molecular weight excluding hydrogens is 202 g/mol. The Kier molecular flexibility index (Phi) is 4.10. The van der Waals surface area contributed by atoms with Gasteiger partial charge >= 0.3 is 0 Å². The van der Waals surface area contributed by atoms with E-state index in [0.717, 1.165) is 17.8 Å². The molecule has 0 radical (unpaired) electrons. The molecule has 0 amide bonds. The maximum absolute atomic E-state index is 9.41. The van der Waals surface area contributed by atoms with Gasteiger partial charge in [-0.25, -0.2) is 0 Å². The van der Waals surface area contributed by atoms with Gasteiger partial charge in [-0.1, -0.05) is 27.7 Å². The van der Waals surface area contributed by atoms with Crippen LogP contribution in [0.3, 0.4) is 0 Å². The molecule has 1 unspecified atom stereocenters. The van der Waals surface area contributed by atoms with Gasteiger partial charge in [-0.2, -0.15) is 5.10 Å². The van der Waals surface area contributed by atoms with Crippen LogP contribution in [0.25, 0.3) is 0 Å². The lowest BCUT2D eigenvalue weighted by molar-refractivity contribution is 0.245. The highest BCUT2D eigenvalue weighted by Gasteiger charge is 2.25. The molecule has 1 aromatic rings. The van der Waals surface area contributed by atoms with E-state index in [1.165, 1.54) is 0 Å². The molecule has 0 aliphatic carbocycles. The van der Waals surface area contributed by atoms with Crippen LogP contribution < -0.4 is 5.32 Å². The van der Waals surface area contributed by atoms with Crippen LogP contribution in [0.1, 0.15) is 45.0 Å². The summed E-state index contributed by atoms with van der Waals surface area (Å²) >= 11 is 0. The fraction of sp³-hybridized carbons (Fsp3) is 0.750. The number of nitrogens with zero attached hydrogens (tertiary/aromatic N) is 2. The average Bonchev–Trinajstić information content (AvgIpc) is 2.56. The van der Waals surface area contributed by atoms with Gasteiger partial charge < -0.3 is 10.4 Å². The maximum Gasteiger partial charge on any atom is 0.0726 e. The summed E-state index contributed by atoms with van der Waals surface area (Å²) in [5, 5.41) is 17.2. The fourth-order valence-electron chi connectivity index (χ4n) is 1.86. The van der Waals surface area contributed by atoms with Crippen molar-refractivity contribution in [3.63, 3.8) is 0 Å². The number of nitrogens with one attached hydrogen (secondary N) is 1. The van der Waals surface area contributed by atoms with E-state index in [1.54, 1.807) is 0 Å². The third kappa shape index (κ3) is 2.83. The van der Waals surface area contributed by atoms with Crippen molar-refractivity contribution >= 4 is 0 Å². The highest BCUT2D eigenvalue weighted by molar-refractivity contribution is 5.27. The van der Waals surface area contributed by atoms with Crippen molar-refractivity contribution in [1.29, 1.82) is 0 Å². The van der Waals surface area contributed by atoms with E-state index < -0.39 is 0 Å². The van der Waals surface area contributed by atoms with Crippen LogP contribution in [0.15, 0.2) is 6.20 Å². The third-order valence-electron chi connectivity index (χ3n) is 2.58. The summed E-state index contributed by atoms with van der Waals surface area (Å²) < 4.78 is 1.82. The Labute approximate surface area is 97.7 Å². The summed E-state index contributed by atoms with van der Waals surface area (Å²) in [5.74, 6) is 0. The first-order chi connectivity index (χ1) is 7.40. The monoisotopic (exact) mass is 225 g/mol. The maximum atomic E-state index is 9.41. The average molecular weight is 225 g/mol. The molecule has 2 N–H and O–H groups in total. The minimum Gasteiger partial charge on any atom is -0.394 e. The Morgan fingerprint density at radius 1 is 1.50 bits per heavy atom. The van der Waals surface area contributed by atoms with E-state index in [1.807, 2.05) is 24.9 Å². The zero-order valence-electron chi connectivity index (χ0n) is 10.9. The quantitative estimate of drug-likeness (QED) is 0.813. The Bertz CT molecular complexity index is 339. The molecule has 4 heteroatoms. The van der Waals surface area contributed by atoms with Gasteiger partial charge in [-0.15, -0.1) is 0 Å². The van der Waals surface area contributed by atoms with Crippen molar-refractivity contribution in [2.75, 3.05) is 13.2 Å². The molecule has 1 aromatic heterocycles. The molecular formula is C12H23N3O. The molecule has 0 aliphatic rings. The molecule has 1 rings (SSSR count). The number of hydrogen-bond donors (Lipinski definition) is 2.